The fourth-order valence-corrected chi connectivity index (χ4v) is 3.05. The molecular weight excluding hydrogens is 326 g/mol. The number of aromatic nitrogens is 2. The number of amides is 1. The van der Waals surface area contributed by atoms with Gasteiger partial charge in [0.1, 0.15) is 5.69 Å². The maximum atomic E-state index is 11.9. The monoisotopic (exact) mass is 341 g/mol. The molecule has 1 heterocycles. The lowest BCUT2D eigenvalue weighted by Gasteiger charge is -2.05. The first-order valence-electron chi connectivity index (χ1n) is 7.29. The smallest absolute Gasteiger partial charge is 0.320 e. The number of benzene rings is 2. The molecule has 3 N–H and O–H groups in total. The summed E-state index contributed by atoms with van der Waals surface area (Å²) in [7, 11) is 0. The van der Waals surface area contributed by atoms with E-state index in [9.17, 15) is 14.4 Å². The molecule has 2 aromatic carbocycles. The molecule has 24 heavy (non-hydrogen) atoms. The third-order valence-corrected chi connectivity index (χ3v) is 4.41. The average molecular weight is 341 g/mol. The Bertz CT molecular complexity index is 994. The standard InChI is InChI=1S/C17H15N3O3S/c21-15(19-14-8-18-17(23)20-16(14)22)10-24-9-11-5-6-12-3-1-2-4-13(12)7-11/h1-8H,9-10H2,(H,19,21)(H2,18,20,22,23). The minimum Gasteiger partial charge on any atom is -0.320 e. The molecule has 3 aromatic rings. The average Bonchev–Trinajstić information content (AvgIpc) is 2.57. The van der Waals surface area contributed by atoms with Gasteiger partial charge in [0, 0.05) is 11.9 Å². The Hall–Kier alpha value is -2.80. The van der Waals surface area contributed by atoms with Gasteiger partial charge in [-0.05, 0) is 16.3 Å². The van der Waals surface area contributed by atoms with E-state index in [0.717, 1.165) is 5.56 Å². The maximum absolute atomic E-state index is 11.9. The first kappa shape index (κ1) is 16.1. The lowest BCUT2D eigenvalue weighted by atomic mass is 10.1. The van der Waals surface area contributed by atoms with Gasteiger partial charge in [-0.2, -0.15) is 0 Å². The van der Waals surface area contributed by atoms with E-state index in [4.69, 9.17) is 0 Å². The van der Waals surface area contributed by atoms with Crippen LogP contribution in [-0.4, -0.2) is 21.6 Å². The van der Waals surface area contributed by atoms with Crippen LogP contribution in [0.15, 0.2) is 58.3 Å². The minimum atomic E-state index is -0.619. The fraction of sp³-hybridized carbons (Fsp3) is 0.118. The number of rotatable bonds is 5. The number of anilines is 1. The van der Waals surface area contributed by atoms with Gasteiger partial charge in [-0.1, -0.05) is 42.5 Å². The van der Waals surface area contributed by atoms with Crippen LogP contribution >= 0.6 is 11.8 Å². The molecule has 122 valence electrons. The van der Waals surface area contributed by atoms with E-state index in [2.05, 4.69) is 39.6 Å². The Balaban J connectivity index is 1.56. The second-order valence-electron chi connectivity index (χ2n) is 5.21. The van der Waals surface area contributed by atoms with Crippen LogP contribution in [0.25, 0.3) is 10.8 Å². The first-order valence-corrected chi connectivity index (χ1v) is 8.44. The van der Waals surface area contributed by atoms with E-state index >= 15 is 0 Å². The van der Waals surface area contributed by atoms with Crippen LogP contribution in [0.4, 0.5) is 5.69 Å². The molecule has 3 rings (SSSR count). The first-order chi connectivity index (χ1) is 11.6. The van der Waals surface area contributed by atoms with Crippen molar-refractivity contribution in [3.05, 3.63) is 75.1 Å². The highest BCUT2D eigenvalue weighted by atomic mass is 32.2. The summed E-state index contributed by atoms with van der Waals surface area (Å²) < 4.78 is 0. The molecule has 7 heteroatoms. The van der Waals surface area contributed by atoms with Gasteiger partial charge in [-0.15, -0.1) is 11.8 Å². The summed E-state index contributed by atoms with van der Waals surface area (Å²) in [6, 6.07) is 14.3. The molecule has 0 radical (unpaired) electrons. The van der Waals surface area contributed by atoms with Crippen molar-refractivity contribution in [2.24, 2.45) is 0 Å². The SMILES string of the molecule is O=C(CSCc1ccc2ccccc2c1)Nc1c[nH]c(=O)[nH]c1=O. The third-order valence-electron chi connectivity index (χ3n) is 3.41. The second-order valence-corrected chi connectivity index (χ2v) is 6.19. The largest absolute Gasteiger partial charge is 0.325 e. The zero-order valence-corrected chi connectivity index (χ0v) is 13.5. The van der Waals surface area contributed by atoms with E-state index in [-0.39, 0.29) is 17.3 Å². The number of carbonyl (C=O) groups is 1. The van der Waals surface area contributed by atoms with E-state index in [1.165, 1.54) is 28.7 Å². The summed E-state index contributed by atoms with van der Waals surface area (Å²) >= 11 is 1.46. The molecule has 0 fully saturated rings. The summed E-state index contributed by atoms with van der Waals surface area (Å²) in [5.41, 5.74) is -0.0606. The van der Waals surface area contributed by atoms with Gasteiger partial charge in [0.15, 0.2) is 0 Å². The maximum Gasteiger partial charge on any atom is 0.325 e. The molecule has 0 saturated carbocycles. The topological polar surface area (TPSA) is 94.8 Å². The number of hydrogen-bond acceptors (Lipinski definition) is 4. The number of hydrogen-bond donors (Lipinski definition) is 3. The van der Waals surface area contributed by atoms with Crippen LogP contribution in [0.5, 0.6) is 0 Å². The van der Waals surface area contributed by atoms with Gasteiger partial charge in [-0.3, -0.25) is 14.6 Å². The summed E-state index contributed by atoms with van der Waals surface area (Å²) in [6.07, 6.45) is 1.19. The van der Waals surface area contributed by atoms with Crippen molar-refractivity contribution in [2.75, 3.05) is 11.1 Å². The van der Waals surface area contributed by atoms with Crippen LogP contribution in [0.1, 0.15) is 5.56 Å². The Labute approximate surface area is 141 Å². The highest BCUT2D eigenvalue weighted by molar-refractivity contribution is 7.99. The van der Waals surface area contributed by atoms with E-state index in [0.29, 0.717) is 5.75 Å². The van der Waals surface area contributed by atoms with Crippen molar-refractivity contribution in [3.8, 4) is 0 Å². The van der Waals surface area contributed by atoms with Crippen LogP contribution in [0, 0.1) is 0 Å². The quantitative estimate of drug-likeness (QED) is 0.662. The minimum absolute atomic E-state index is 0.0332. The molecule has 0 aliphatic carbocycles. The summed E-state index contributed by atoms with van der Waals surface area (Å²) in [5, 5.41) is 4.83. The van der Waals surface area contributed by atoms with Gasteiger partial charge < -0.3 is 10.3 Å². The van der Waals surface area contributed by atoms with Gasteiger partial charge in [-0.25, -0.2) is 4.79 Å². The molecule has 6 nitrogen and oxygen atoms in total. The van der Waals surface area contributed by atoms with Crippen molar-refractivity contribution >= 4 is 34.1 Å². The highest BCUT2D eigenvalue weighted by Crippen LogP contribution is 2.19. The van der Waals surface area contributed by atoms with E-state index < -0.39 is 11.2 Å². The Morgan fingerprint density at radius 1 is 1.08 bits per heavy atom. The number of carbonyl (C=O) groups excluding carboxylic acids is 1. The second kappa shape index (κ2) is 7.18. The van der Waals surface area contributed by atoms with Crippen LogP contribution in [0.2, 0.25) is 0 Å². The molecular formula is C17H15N3O3S. The zero-order chi connectivity index (χ0) is 16.9. The van der Waals surface area contributed by atoms with Crippen LogP contribution < -0.4 is 16.6 Å². The lowest BCUT2D eigenvalue weighted by molar-refractivity contribution is -0.113. The molecule has 0 saturated heterocycles. The van der Waals surface area contributed by atoms with Crippen LogP contribution in [-0.2, 0) is 10.5 Å². The predicted molar refractivity (Wildman–Crippen MR) is 96.4 cm³/mol. The fourth-order valence-electron chi connectivity index (χ4n) is 2.28. The zero-order valence-electron chi connectivity index (χ0n) is 12.7. The lowest BCUT2D eigenvalue weighted by Crippen LogP contribution is -2.27. The van der Waals surface area contributed by atoms with Gasteiger partial charge in [0.2, 0.25) is 5.91 Å². The third kappa shape index (κ3) is 3.94. The van der Waals surface area contributed by atoms with Crippen molar-refractivity contribution in [2.45, 2.75) is 5.75 Å². The number of thioether (sulfide) groups is 1. The highest BCUT2D eigenvalue weighted by Gasteiger charge is 2.06. The van der Waals surface area contributed by atoms with Gasteiger partial charge in [0.25, 0.3) is 5.56 Å². The Morgan fingerprint density at radius 3 is 2.67 bits per heavy atom. The van der Waals surface area contributed by atoms with Crippen molar-refractivity contribution in [3.63, 3.8) is 0 Å². The summed E-state index contributed by atoms with van der Waals surface area (Å²) in [5.74, 6) is 0.615. The predicted octanol–water partition coefficient (Wildman–Crippen LogP) is 2.09. The number of fused-ring (bicyclic) bond motifs is 1. The Kier molecular flexibility index (Phi) is 4.81. The normalized spacial score (nSPS) is 10.7. The number of nitrogens with one attached hydrogen (secondary N) is 3. The van der Waals surface area contributed by atoms with Gasteiger partial charge >= 0.3 is 5.69 Å². The molecule has 0 bridgehead atoms. The van der Waals surface area contributed by atoms with Crippen molar-refractivity contribution in [1.82, 2.24) is 9.97 Å². The van der Waals surface area contributed by atoms with Gasteiger partial charge in [0.05, 0.1) is 5.75 Å². The molecule has 0 atom stereocenters. The van der Waals surface area contributed by atoms with Crippen LogP contribution in [0.3, 0.4) is 0 Å². The van der Waals surface area contributed by atoms with E-state index in [1.807, 2.05) is 18.2 Å². The van der Waals surface area contributed by atoms with Crippen molar-refractivity contribution < 1.29 is 4.79 Å². The summed E-state index contributed by atoms with van der Waals surface area (Å²) in [4.78, 5) is 38.7. The molecule has 0 aliphatic rings. The Morgan fingerprint density at radius 2 is 1.88 bits per heavy atom. The molecule has 0 spiro atoms. The molecule has 1 aromatic heterocycles. The number of aromatic amines is 2. The summed E-state index contributed by atoms with van der Waals surface area (Å²) in [6.45, 7) is 0. The van der Waals surface area contributed by atoms with Crippen molar-refractivity contribution in [1.29, 1.82) is 0 Å². The molecule has 0 unspecified atom stereocenters. The molecule has 1 amide bonds. The number of H-pyrrole nitrogens is 2. The molecule has 0 aliphatic heterocycles. The van der Waals surface area contributed by atoms with E-state index in [1.54, 1.807) is 0 Å².